The summed E-state index contributed by atoms with van der Waals surface area (Å²) in [5, 5.41) is 0.988. The summed E-state index contributed by atoms with van der Waals surface area (Å²) in [5.74, 6) is 0. The fourth-order valence-corrected chi connectivity index (χ4v) is 2.13. The van der Waals surface area contributed by atoms with Crippen LogP contribution in [0.3, 0.4) is 0 Å². The van der Waals surface area contributed by atoms with Gasteiger partial charge in [-0.2, -0.15) is 0 Å². The molecule has 1 heterocycles. The molecule has 0 radical (unpaired) electrons. The van der Waals surface area contributed by atoms with Crippen molar-refractivity contribution in [3.05, 3.63) is 15.4 Å². The first-order valence-corrected chi connectivity index (χ1v) is 4.15. The van der Waals surface area contributed by atoms with Crippen LogP contribution in [0, 0.1) is 6.92 Å². The standard InChI is InChI=1S/C6H7BrOS/c1-4-3-5(7)9-6(4)8-2/h3H,1-2H3. The number of aryl methyl sites for hydroxylation is 1. The summed E-state index contributed by atoms with van der Waals surface area (Å²) in [6.45, 7) is 2.03. The first kappa shape index (κ1) is 7.09. The molecule has 1 nitrogen and oxygen atoms in total. The molecule has 0 amide bonds. The highest BCUT2D eigenvalue weighted by molar-refractivity contribution is 9.11. The van der Waals surface area contributed by atoms with Crippen LogP contribution in [0.15, 0.2) is 9.85 Å². The van der Waals surface area contributed by atoms with Crippen LogP contribution in [-0.4, -0.2) is 7.11 Å². The number of ether oxygens (including phenoxy) is 1. The average Bonchev–Trinajstić information content (AvgIpc) is 2.10. The van der Waals surface area contributed by atoms with E-state index in [4.69, 9.17) is 4.74 Å². The van der Waals surface area contributed by atoms with E-state index in [2.05, 4.69) is 15.9 Å². The molecule has 0 bridgehead atoms. The Kier molecular flexibility index (Phi) is 2.13. The van der Waals surface area contributed by atoms with Gasteiger partial charge in [0.15, 0.2) is 5.06 Å². The number of rotatable bonds is 1. The molecule has 0 aliphatic carbocycles. The van der Waals surface area contributed by atoms with E-state index in [1.165, 1.54) is 5.56 Å². The number of halogens is 1. The van der Waals surface area contributed by atoms with Crippen LogP contribution in [-0.2, 0) is 0 Å². The van der Waals surface area contributed by atoms with Crippen LogP contribution < -0.4 is 4.74 Å². The quantitative estimate of drug-likeness (QED) is 0.687. The van der Waals surface area contributed by atoms with E-state index in [9.17, 15) is 0 Å². The molecule has 1 rings (SSSR count). The fourth-order valence-electron chi connectivity index (χ4n) is 0.630. The second-order valence-electron chi connectivity index (χ2n) is 1.73. The largest absolute Gasteiger partial charge is 0.487 e. The molecule has 0 aliphatic rings. The Morgan fingerprint density at radius 2 is 2.33 bits per heavy atom. The molecule has 0 spiro atoms. The average molecular weight is 207 g/mol. The van der Waals surface area contributed by atoms with Crippen LogP contribution in [0.2, 0.25) is 0 Å². The molecule has 0 fully saturated rings. The molecule has 0 saturated heterocycles. The second-order valence-corrected chi connectivity index (χ2v) is 4.12. The van der Waals surface area contributed by atoms with Crippen LogP contribution >= 0.6 is 27.3 Å². The summed E-state index contributed by atoms with van der Waals surface area (Å²) < 4.78 is 6.18. The summed E-state index contributed by atoms with van der Waals surface area (Å²) in [7, 11) is 1.69. The van der Waals surface area contributed by atoms with Crippen molar-refractivity contribution in [1.82, 2.24) is 0 Å². The minimum atomic E-state index is 0.988. The number of hydrogen-bond donors (Lipinski definition) is 0. The molecule has 0 saturated carbocycles. The molecule has 0 N–H and O–H groups in total. The highest BCUT2D eigenvalue weighted by atomic mass is 79.9. The van der Waals surface area contributed by atoms with E-state index in [1.807, 2.05) is 13.0 Å². The van der Waals surface area contributed by atoms with Gasteiger partial charge in [-0.05, 0) is 28.9 Å². The Bertz CT molecular complexity index is 207. The monoisotopic (exact) mass is 206 g/mol. The van der Waals surface area contributed by atoms with Gasteiger partial charge in [-0.3, -0.25) is 0 Å². The minimum Gasteiger partial charge on any atom is -0.487 e. The summed E-state index contributed by atoms with van der Waals surface area (Å²) in [6, 6.07) is 2.05. The lowest BCUT2D eigenvalue weighted by atomic mass is 10.4. The molecule has 0 atom stereocenters. The van der Waals surface area contributed by atoms with Crippen molar-refractivity contribution in [2.75, 3.05) is 7.11 Å². The van der Waals surface area contributed by atoms with Gasteiger partial charge in [0.25, 0.3) is 0 Å². The van der Waals surface area contributed by atoms with E-state index in [-0.39, 0.29) is 0 Å². The molecule has 1 aromatic rings. The van der Waals surface area contributed by atoms with Crippen molar-refractivity contribution in [2.45, 2.75) is 6.92 Å². The van der Waals surface area contributed by atoms with Gasteiger partial charge >= 0.3 is 0 Å². The summed E-state index contributed by atoms with van der Waals surface area (Å²) >= 11 is 4.97. The van der Waals surface area contributed by atoms with Gasteiger partial charge in [0.2, 0.25) is 0 Å². The molecule has 3 heteroatoms. The molecule has 0 aliphatic heterocycles. The summed E-state index contributed by atoms with van der Waals surface area (Å²) in [5.41, 5.74) is 1.19. The normalized spacial score (nSPS) is 9.67. The smallest absolute Gasteiger partial charge is 0.177 e. The predicted octanol–water partition coefficient (Wildman–Crippen LogP) is 2.83. The number of hydrogen-bond acceptors (Lipinski definition) is 2. The van der Waals surface area contributed by atoms with E-state index < -0.39 is 0 Å². The lowest BCUT2D eigenvalue weighted by molar-refractivity contribution is 0.424. The topological polar surface area (TPSA) is 9.23 Å². The number of thiophene rings is 1. The van der Waals surface area contributed by atoms with Crippen molar-refractivity contribution in [3.63, 3.8) is 0 Å². The highest BCUT2D eigenvalue weighted by Gasteiger charge is 2.00. The maximum atomic E-state index is 5.05. The van der Waals surface area contributed by atoms with Crippen molar-refractivity contribution < 1.29 is 4.74 Å². The Balaban J connectivity index is 3.01. The first-order chi connectivity index (χ1) is 4.24. The van der Waals surface area contributed by atoms with E-state index in [0.717, 1.165) is 8.85 Å². The first-order valence-electron chi connectivity index (χ1n) is 2.54. The van der Waals surface area contributed by atoms with E-state index >= 15 is 0 Å². The third kappa shape index (κ3) is 1.46. The van der Waals surface area contributed by atoms with Gasteiger partial charge in [0.1, 0.15) is 0 Å². The predicted molar refractivity (Wildman–Crippen MR) is 43.3 cm³/mol. The molecular formula is C6H7BrOS. The third-order valence-electron chi connectivity index (χ3n) is 1.03. The fraction of sp³-hybridized carbons (Fsp3) is 0.333. The van der Waals surface area contributed by atoms with Crippen LogP contribution in [0.1, 0.15) is 5.56 Å². The lowest BCUT2D eigenvalue weighted by Crippen LogP contribution is -1.77. The zero-order chi connectivity index (χ0) is 6.85. The maximum absolute atomic E-state index is 5.05. The molecule has 1 aromatic heterocycles. The summed E-state index contributed by atoms with van der Waals surface area (Å²) in [4.78, 5) is 0. The van der Waals surface area contributed by atoms with Gasteiger partial charge in [-0.1, -0.05) is 11.3 Å². The van der Waals surface area contributed by atoms with E-state index in [0.29, 0.717) is 0 Å². The van der Waals surface area contributed by atoms with E-state index in [1.54, 1.807) is 18.4 Å². The SMILES string of the molecule is COc1sc(Br)cc1C. The van der Waals surface area contributed by atoms with Gasteiger partial charge in [-0.15, -0.1) is 0 Å². The second kappa shape index (κ2) is 2.71. The van der Waals surface area contributed by atoms with Gasteiger partial charge in [0.05, 0.1) is 10.9 Å². The van der Waals surface area contributed by atoms with Gasteiger partial charge in [-0.25, -0.2) is 0 Å². The molecule has 0 aromatic carbocycles. The lowest BCUT2D eigenvalue weighted by Gasteiger charge is -1.92. The van der Waals surface area contributed by atoms with Crippen LogP contribution in [0.25, 0.3) is 0 Å². The van der Waals surface area contributed by atoms with Gasteiger partial charge < -0.3 is 4.74 Å². The summed E-state index contributed by atoms with van der Waals surface area (Å²) in [6.07, 6.45) is 0. The molecular weight excluding hydrogens is 200 g/mol. The molecule has 50 valence electrons. The molecule has 9 heavy (non-hydrogen) atoms. The van der Waals surface area contributed by atoms with Crippen molar-refractivity contribution >= 4 is 27.3 Å². The number of methoxy groups -OCH3 is 1. The Hall–Kier alpha value is -0.0200. The zero-order valence-electron chi connectivity index (χ0n) is 5.27. The van der Waals surface area contributed by atoms with Crippen LogP contribution in [0.5, 0.6) is 5.06 Å². The minimum absolute atomic E-state index is 0.988. The Morgan fingerprint density at radius 3 is 2.56 bits per heavy atom. The zero-order valence-corrected chi connectivity index (χ0v) is 7.67. The highest BCUT2D eigenvalue weighted by Crippen LogP contribution is 2.32. The Labute approximate surface area is 66.8 Å². The van der Waals surface area contributed by atoms with Crippen LogP contribution in [0.4, 0.5) is 0 Å². The van der Waals surface area contributed by atoms with Crippen molar-refractivity contribution in [1.29, 1.82) is 0 Å². The van der Waals surface area contributed by atoms with Crippen molar-refractivity contribution in [2.24, 2.45) is 0 Å². The molecule has 0 unspecified atom stereocenters. The maximum Gasteiger partial charge on any atom is 0.177 e. The van der Waals surface area contributed by atoms with Crippen molar-refractivity contribution in [3.8, 4) is 5.06 Å². The third-order valence-corrected chi connectivity index (χ3v) is 2.73. The van der Waals surface area contributed by atoms with Gasteiger partial charge in [0, 0.05) is 5.56 Å². The Morgan fingerprint density at radius 1 is 1.67 bits per heavy atom.